The van der Waals surface area contributed by atoms with Gasteiger partial charge >= 0.3 is 0 Å². The van der Waals surface area contributed by atoms with Crippen LogP contribution >= 0.6 is 0 Å². The molecule has 1 N–H and O–H groups in total. The molecule has 0 bridgehead atoms. The van der Waals surface area contributed by atoms with Gasteiger partial charge in [0.15, 0.2) is 17.1 Å². The molecule has 7 nitrogen and oxygen atoms in total. The van der Waals surface area contributed by atoms with E-state index in [-0.39, 0.29) is 11.7 Å². The number of carbonyl (C=O) groups is 1. The van der Waals surface area contributed by atoms with E-state index >= 15 is 0 Å². The van der Waals surface area contributed by atoms with Gasteiger partial charge in [0.05, 0.1) is 25.0 Å². The third-order valence-electron chi connectivity index (χ3n) is 4.38. The molecule has 3 aromatic rings. The van der Waals surface area contributed by atoms with Crippen molar-refractivity contribution in [3.8, 4) is 5.75 Å². The SMILES string of the molecule is COc1cccc2cc(C(=O)Nc3cnn(C4CCOCC4)c3)oc12. The van der Waals surface area contributed by atoms with Crippen LogP contribution in [0.3, 0.4) is 0 Å². The number of nitrogens with zero attached hydrogens (tertiary/aromatic N) is 2. The van der Waals surface area contributed by atoms with Crippen LogP contribution in [0, 0.1) is 0 Å². The van der Waals surface area contributed by atoms with Crippen molar-refractivity contribution in [2.24, 2.45) is 0 Å². The first-order valence-electron chi connectivity index (χ1n) is 8.24. The largest absolute Gasteiger partial charge is 0.493 e. The topological polar surface area (TPSA) is 78.5 Å². The number of ether oxygens (including phenoxy) is 2. The summed E-state index contributed by atoms with van der Waals surface area (Å²) in [5.74, 6) is 0.520. The highest BCUT2D eigenvalue weighted by Gasteiger charge is 2.18. The maximum Gasteiger partial charge on any atom is 0.291 e. The number of para-hydroxylation sites is 1. The molecule has 4 rings (SSSR count). The summed E-state index contributed by atoms with van der Waals surface area (Å²) in [5, 5.41) is 8.00. The number of furan rings is 1. The fourth-order valence-electron chi connectivity index (χ4n) is 3.05. The first-order valence-corrected chi connectivity index (χ1v) is 8.24. The molecule has 1 amide bonds. The summed E-state index contributed by atoms with van der Waals surface area (Å²) in [6.07, 6.45) is 5.35. The van der Waals surface area contributed by atoms with Gasteiger partial charge < -0.3 is 19.2 Å². The molecular weight excluding hydrogens is 322 g/mol. The minimum absolute atomic E-state index is 0.235. The highest BCUT2D eigenvalue weighted by molar-refractivity contribution is 6.05. The Balaban J connectivity index is 1.51. The predicted octanol–water partition coefficient (Wildman–Crippen LogP) is 3.24. The molecule has 25 heavy (non-hydrogen) atoms. The molecule has 7 heteroatoms. The number of anilines is 1. The molecule has 0 aliphatic carbocycles. The fraction of sp³-hybridized carbons (Fsp3) is 0.333. The molecule has 1 aliphatic rings. The molecule has 2 aromatic heterocycles. The fourth-order valence-corrected chi connectivity index (χ4v) is 3.05. The van der Waals surface area contributed by atoms with Crippen LogP contribution in [0.1, 0.15) is 29.4 Å². The third kappa shape index (κ3) is 3.10. The zero-order chi connectivity index (χ0) is 17.2. The average Bonchev–Trinajstić information content (AvgIpc) is 3.29. The Morgan fingerprint density at radius 3 is 3.00 bits per heavy atom. The Bertz CT molecular complexity index is 893. The lowest BCUT2D eigenvalue weighted by Crippen LogP contribution is -2.19. The lowest BCUT2D eigenvalue weighted by atomic mass is 10.1. The summed E-state index contributed by atoms with van der Waals surface area (Å²) in [5.41, 5.74) is 1.21. The van der Waals surface area contributed by atoms with Crippen LogP contribution in [-0.2, 0) is 4.74 Å². The quantitative estimate of drug-likeness (QED) is 0.788. The monoisotopic (exact) mass is 341 g/mol. The molecule has 1 fully saturated rings. The number of methoxy groups -OCH3 is 1. The summed E-state index contributed by atoms with van der Waals surface area (Å²) in [4.78, 5) is 12.5. The van der Waals surface area contributed by atoms with Crippen LogP contribution in [0.4, 0.5) is 5.69 Å². The predicted molar refractivity (Wildman–Crippen MR) is 92.0 cm³/mol. The van der Waals surface area contributed by atoms with Crippen LogP contribution < -0.4 is 10.1 Å². The van der Waals surface area contributed by atoms with Gasteiger partial charge in [-0.15, -0.1) is 0 Å². The Kier molecular flexibility index (Phi) is 4.15. The second kappa shape index (κ2) is 6.60. The first-order chi connectivity index (χ1) is 12.2. The summed E-state index contributed by atoms with van der Waals surface area (Å²) in [6, 6.07) is 7.55. The molecule has 1 saturated heterocycles. The van der Waals surface area contributed by atoms with E-state index in [2.05, 4.69) is 10.4 Å². The van der Waals surface area contributed by atoms with Crippen molar-refractivity contribution in [1.29, 1.82) is 0 Å². The van der Waals surface area contributed by atoms with E-state index in [1.54, 1.807) is 25.4 Å². The zero-order valence-electron chi connectivity index (χ0n) is 13.9. The van der Waals surface area contributed by atoms with Gasteiger partial charge in [0.2, 0.25) is 0 Å². The molecule has 0 unspecified atom stereocenters. The van der Waals surface area contributed by atoms with Gasteiger partial charge in [0, 0.05) is 24.8 Å². The molecular formula is C18H19N3O4. The number of hydrogen-bond acceptors (Lipinski definition) is 5. The van der Waals surface area contributed by atoms with Gasteiger partial charge in [-0.1, -0.05) is 12.1 Å². The van der Waals surface area contributed by atoms with Crippen molar-refractivity contribution in [2.45, 2.75) is 18.9 Å². The summed E-state index contributed by atoms with van der Waals surface area (Å²) >= 11 is 0. The Labute approximate surface area is 144 Å². The number of aromatic nitrogens is 2. The van der Waals surface area contributed by atoms with Crippen molar-refractivity contribution in [1.82, 2.24) is 9.78 Å². The van der Waals surface area contributed by atoms with Crippen LogP contribution in [0.5, 0.6) is 5.75 Å². The summed E-state index contributed by atoms with van der Waals surface area (Å²) in [7, 11) is 1.57. The van der Waals surface area contributed by atoms with E-state index in [0.29, 0.717) is 23.1 Å². The Morgan fingerprint density at radius 2 is 2.20 bits per heavy atom. The number of carbonyl (C=O) groups excluding carboxylic acids is 1. The van der Waals surface area contributed by atoms with Gasteiger partial charge in [-0.05, 0) is 25.0 Å². The van der Waals surface area contributed by atoms with Crippen molar-refractivity contribution in [3.63, 3.8) is 0 Å². The lowest BCUT2D eigenvalue weighted by Gasteiger charge is -2.22. The first kappa shape index (κ1) is 15.7. The van der Waals surface area contributed by atoms with E-state index in [1.165, 1.54) is 0 Å². The van der Waals surface area contributed by atoms with Crippen LogP contribution in [-0.4, -0.2) is 36.0 Å². The molecule has 130 valence electrons. The molecule has 0 radical (unpaired) electrons. The number of fused-ring (bicyclic) bond motifs is 1. The van der Waals surface area contributed by atoms with Crippen LogP contribution in [0.2, 0.25) is 0 Å². The lowest BCUT2D eigenvalue weighted by molar-refractivity contribution is 0.0662. The molecule has 0 saturated carbocycles. The standard InChI is InChI=1S/C18H19N3O4/c1-23-15-4-2-3-12-9-16(25-17(12)15)18(22)20-13-10-19-21(11-13)14-5-7-24-8-6-14/h2-4,9-11,14H,5-8H2,1H3,(H,20,22). The number of amides is 1. The van der Waals surface area contributed by atoms with Crippen LogP contribution in [0.15, 0.2) is 41.1 Å². The number of hydrogen-bond donors (Lipinski definition) is 1. The summed E-state index contributed by atoms with van der Waals surface area (Å²) in [6.45, 7) is 1.49. The van der Waals surface area contributed by atoms with Gasteiger partial charge in [-0.3, -0.25) is 9.48 Å². The van der Waals surface area contributed by atoms with E-state index in [1.807, 2.05) is 23.0 Å². The highest BCUT2D eigenvalue weighted by atomic mass is 16.5. The van der Waals surface area contributed by atoms with E-state index < -0.39 is 0 Å². The smallest absolute Gasteiger partial charge is 0.291 e. The molecule has 1 aromatic carbocycles. The van der Waals surface area contributed by atoms with E-state index in [9.17, 15) is 4.79 Å². The normalized spacial score (nSPS) is 15.4. The van der Waals surface area contributed by atoms with Gasteiger partial charge in [0.25, 0.3) is 5.91 Å². The number of nitrogens with one attached hydrogen (secondary N) is 1. The summed E-state index contributed by atoms with van der Waals surface area (Å²) < 4.78 is 18.2. The molecule has 0 spiro atoms. The Hall–Kier alpha value is -2.80. The second-order valence-electron chi connectivity index (χ2n) is 6.00. The number of benzene rings is 1. The maximum absolute atomic E-state index is 12.5. The minimum atomic E-state index is -0.315. The number of rotatable bonds is 4. The van der Waals surface area contributed by atoms with Crippen molar-refractivity contribution >= 4 is 22.6 Å². The van der Waals surface area contributed by atoms with Crippen LogP contribution in [0.25, 0.3) is 11.0 Å². The highest BCUT2D eigenvalue weighted by Crippen LogP contribution is 2.29. The zero-order valence-corrected chi connectivity index (χ0v) is 13.9. The Morgan fingerprint density at radius 1 is 1.36 bits per heavy atom. The third-order valence-corrected chi connectivity index (χ3v) is 4.38. The maximum atomic E-state index is 12.5. The minimum Gasteiger partial charge on any atom is -0.493 e. The van der Waals surface area contributed by atoms with Gasteiger partial charge in [-0.2, -0.15) is 5.10 Å². The average molecular weight is 341 g/mol. The molecule has 1 aliphatic heterocycles. The van der Waals surface area contributed by atoms with Gasteiger partial charge in [0.1, 0.15) is 0 Å². The van der Waals surface area contributed by atoms with Gasteiger partial charge in [-0.25, -0.2) is 0 Å². The van der Waals surface area contributed by atoms with E-state index in [4.69, 9.17) is 13.9 Å². The van der Waals surface area contributed by atoms with E-state index in [0.717, 1.165) is 31.4 Å². The van der Waals surface area contributed by atoms with Crippen molar-refractivity contribution < 1.29 is 18.7 Å². The molecule has 0 atom stereocenters. The molecule has 3 heterocycles. The van der Waals surface area contributed by atoms with Crippen molar-refractivity contribution in [3.05, 3.63) is 42.4 Å². The van der Waals surface area contributed by atoms with Crippen molar-refractivity contribution in [2.75, 3.05) is 25.6 Å². The second-order valence-corrected chi connectivity index (χ2v) is 6.00.